The molecule has 0 amide bonds. The molecule has 0 heterocycles. The molecule has 0 aliphatic heterocycles. The van der Waals surface area contributed by atoms with Gasteiger partial charge in [0.15, 0.2) is 11.5 Å². The lowest BCUT2D eigenvalue weighted by molar-refractivity contribution is 0.403. The first kappa shape index (κ1) is 28.2. The Morgan fingerprint density at radius 3 is 1.79 bits per heavy atom. The smallest absolute Gasteiger partial charge is 0.176 e. The number of nitrogens with one attached hydrogen (secondary N) is 2. The SMILES string of the molecule is Br.Br.Oc1cc(CCNCCCCCCNCCc2ccccc2)cc(Cl)c1O. The van der Waals surface area contributed by atoms with Crippen molar-refractivity contribution in [1.29, 1.82) is 0 Å². The monoisotopic (exact) mass is 550 g/mol. The Kier molecular flexibility index (Phi) is 16.5. The molecule has 0 aliphatic carbocycles. The average molecular weight is 553 g/mol. The Morgan fingerprint density at radius 2 is 1.24 bits per heavy atom. The van der Waals surface area contributed by atoms with E-state index in [-0.39, 0.29) is 50.5 Å². The molecule has 0 radical (unpaired) electrons. The highest BCUT2D eigenvalue weighted by atomic mass is 79.9. The van der Waals surface area contributed by atoms with Crippen molar-refractivity contribution in [3.8, 4) is 11.5 Å². The van der Waals surface area contributed by atoms with Gasteiger partial charge < -0.3 is 20.8 Å². The molecule has 0 aliphatic rings. The van der Waals surface area contributed by atoms with Crippen molar-refractivity contribution in [2.75, 3.05) is 26.2 Å². The quantitative estimate of drug-likeness (QED) is 0.198. The maximum absolute atomic E-state index is 9.56. The molecule has 29 heavy (non-hydrogen) atoms. The van der Waals surface area contributed by atoms with Gasteiger partial charge in [-0.1, -0.05) is 54.8 Å². The molecule has 164 valence electrons. The minimum absolute atomic E-state index is 0. The number of phenols is 2. The topological polar surface area (TPSA) is 64.5 Å². The Balaban J connectivity index is 0.00000392. The fourth-order valence-corrected chi connectivity index (χ4v) is 3.23. The summed E-state index contributed by atoms with van der Waals surface area (Å²) < 4.78 is 0. The third kappa shape index (κ3) is 11.8. The minimum atomic E-state index is -0.247. The predicted molar refractivity (Wildman–Crippen MR) is 133 cm³/mol. The second-order valence-corrected chi connectivity index (χ2v) is 7.25. The zero-order valence-corrected chi connectivity index (χ0v) is 20.9. The van der Waals surface area contributed by atoms with Crippen LogP contribution >= 0.6 is 45.6 Å². The number of halogens is 3. The van der Waals surface area contributed by atoms with Gasteiger partial charge in [0, 0.05) is 0 Å². The van der Waals surface area contributed by atoms with Crippen LogP contribution in [0, 0.1) is 0 Å². The second-order valence-electron chi connectivity index (χ2n) is 6.85. The third-order valence-electron chi connectivity index (χ3n) is 4.58. The van der Waals surface area contributed by atoms with E-state index in [0.717, 1.165) is 44.6 Å². The molecule has 7 heteroatoms. The molecule has 4 nitrogen and oxygen atoms in total. The van der Waals surface area contributed by atoms with Crippen molar-refractivity contribution in [2.45, 2.75) is 38.5 Å². The normalized spacial score (nSPS) is 10.2. The average Bonchev–Trinajstić information content (AvgIpc) is 2.67. The molecule has 0 saturated heterocycles. The molecule has 0 bridgehead atoms. The first-order chi connectivity index (χ1) is 13.2. The molecule has 2 aromatic rings. The van der Waals surface area contributed by atoms with Gasteiger partial charge in [-0.3, -0.25) is 0 Å². The number of aromatic hydroxyl groups is 2. The van der Waals surface area contributed by atoms with Gasteiger partial charge in [-0.05, 0) is 75.1 Å². The molecule has 0 atom stereocenters. The van der Waals surface area contributed by atoms with Gasteiger partial charge in [-0.2, -0.15) is 0 Å². The van der Waals surface area contributed by atoms with Crippen molar-refractivity contribution in [3.63, 3.8) is 0 Å². The molecular formula is C22H33Br2ClN2O2. The zero-order valence-electron chi connectivity index (χ0n) is 16.7. The number of phenolic OH excluding ortho intramolecular Hbond substituents is 2. The summed E-state index contributed by atoms with van der Waals surface area (Å²) in [6.45, 7) is 3.97. The standard InChI is InChI=1S/C22H31ClN2O2.2BrH/c23-20-16-19(17-21(26)22(20)27)11-15-25-13-7-2-1-6-12-24-14-10-18-8-4-3-5-9-18;;/h3-5,8-9,16-17,24-27H,1-2,6-7,10-15H2;2*1H. The molecule has 2 aromatic carbocycles. The van der Waals surface area contributed by atoms with Gasteiger partial charge in [0.05, 0.1) is 5.02 Å². The number of hydrogen-bond donors (Lipinski definition) is 4. The Bertz CT molecular complexity index is 652. The van der Waals surface area contributed by atoms with Gasteiger partial charge in [0.25, 0.3) is 0 Å². The molecule has 0 unspecified atom stereocenters. The fraction of sp³-hybridized carbons (Fsp3) is 0.455. The van der Waals surface area contributed by atoms with E-state index in [4.69, 9.17) is 11.6 Å². The van der Waals surface area contributed by atoms with Gasteiger partial charge in [0.1, 0.15) is 0 Å². The lowest BCUT2D eigenvalue weighted by Gasteiger charge is -2.08. The van der Waals surface area contributed by atoms with Crippen molar-refractivity contribution < 1.29 is 10.2 Å². The van der Waals surface area contributed by atoms with E-state index in [0.29, 0.717) is 0 Å². The summed E-state index contributed by atoms with van der Waals surface area (Å²) in [6, 6.07) is 13.8. The maximum atomic E-state index is 9.56. The summed E-state index contributed by atoms with van der Waals surface area (Å²) in [6.07, 6.45) is 6.75. The fourth-order valence-electron chi connectivity index (χ4n) is 3.00. The van der Waals surface area contributed by atoms with Crippen LogP contribution in [-0.2, 0) is 12.8 Å². The van der Waals surface area contributed by atoms with Gasteiger partial charge in [0.2, 0.25) is 0 Å². The Morgan fingerprint density at radius 1 is 0.690 bits per heavy atom. The molecule has 2 rings (SSSR count). The summed E-state index contributed by atoms with van der Waals surface area (Å²) in [5, 5.41) is 26.1. The summed E-state index contributed by atoms with van der Waals surface area (Å²) in [4.78, 5) is 0. The highest BCUT2D eigenvalue weighted by Gasteiger charge is 2.06. The number of benzene rings is 2. The summed E-state index contributed by atoms with van der Waals surface area (Å²) in [7, 11) is 0. The summed E-state index contributed by atoms with van der Waals surface area (Å²) in [5.41, 5.74) is 2.31. The van der Waals surface area contributed by atoms with Crippen molar-refractivity contribution in [1.82, 2.24) is 10.6 Å². The predicted octanol–water partition coefficient (Wildman–Crippen LogP) is 5.43. The second kappa shape index (κ2) is 16.9. The Labute approximate surface area is 200 Å². The lowest BCUT2D eigenvalue weighted by Crippen LogP contribution is -2.19. The highest BCUT2D eigenvalue weighted by Crippen LogP contribution is 2.33. The molecule has 0 saturated carbocycles. The molecule has 0 fully saturated rings. The van der Waals surface area contributed by atoms with E-state index in [1.54, 1.807) is 12.1 Å². The van der Waals surface area contributed by atoms with Gasteiger partial charge in [-0.25, -0.2) is 0 Å². The first-order valence-electron chi connectivity index (χ1n) is 9.82. The number of rotatable bonds is 13. The molecule has 4 N–H and O–H groups in total. The molecule has 0 spiro atoms. The van der Waals surface area contributed by atoms with E-state index < -0.39 is 0 Å². The first-order valence-corrected chi connectivity index (χ1v) is 10.2. The van der Waals surface area contributed by atoms with E-state index in [1.165, 1.54) is 31.2 Å². The van der Waals surface area contributed by atoms with Crippen molar-refractivity contribution >= 4 is 45.6 Å². The van der Waals surface area contributed by atoms with Crippen molar-refractivity contribution in [2.24, 2.45) is 0 Å². The van der Waals surface area contributed by atoms with Gasteiger partial charge >= 0.3 is 0 Å². The maximum Gasteiger partial charge on any atom is 0.176 e. The van der Waals surface area contributed by atoms with Gasteiger partial charge in [-0.15, -0.1) is 34.0 Å². The van der Waals surface area contributed by atoms with E-state index in [9.17, 15) is 10.2 Å². The largest absolute Gasteiger partial charge is 0.504 e. The molecule has 0 aromatic heterocycles. The van der Waals surface area contributed by atoms with Crippen LogP contribution < -0.4 is 10.6 Å². The van der Waals surface area contributed by atoms with Crippen LogP contribution in [0.3, 0.4) is 0 Å². The van der Waals surface area contributed by atoms with E-state index >= 15 is 0 Å². The van der Waals surface area contributed by atoms with Crippen LogP contribution in [0.25, 0.3) is 0 Å². The highest BCUT2D eigenvalue weighted by molar-refractivity contribution is 8.93. The summed E-state index contributed by atoms with van der Waals surface area (Å²) in [5.74, 6) is -0.405. The van der Waals surface area contributed by atoms with E-state index in [1.807, 2.05) is 0 Å². The minimum Gasteiger partial charge on any atom is -0.504 e. The Hall–Kier alpha value is -0.790. The van der Waals surface area contributed by atoms with E-state index in [2.05, 4.69) is 41.0 Å². The number of hydrogen-bond acceptors (Lipinski definition) is 4. The zero-order chi connectivity index (χ0) is 19.3. The van der Waals surface area contributed by atoms with Crippen LogP contribution in [0.4, 0.5) is 0 Å². The van der Waals surface area contributed by atoms with Crippen molar-refractivity contribution in [3.05, 3.63) is 58.6 Å². The molecular weight excluding hydrogens is 520 g/mol. The van der Waals surface area contributed by atoms with Crippen LogP contribution in [0.5, 0.6) is 11.5 Å². The number of unbranched alkanes of at least 4 members (excludes halogenated alkanes) is 3. The third-order valence-corrected chi connectivity index (χ3v) is 4.87. The lowest BCUT2D eigenvalue weighted by atomic mass is 10.1. The summed E-state index contributed by atoms with van der Waals surface area (Å²) >= 11 is 5.86. The van der Waals surface area contributed by atoms with Crippen LogP contribution in [0.15, 0.2) is 42.5 Å². The van der Waals surface area contributed by atoms with Crippen LogP contribution in [0.2, 0.25) is 5.02 Å². The van der Waals surface area contributed by atoms with Crippen LogP contribution in [0.1, 0.15) is 36.8 Å². The van der Waals surface area contributed by atoms with Crippen LogP contribution in [-0.4, -0.2) is 36.4 Å².